The number of carboxylic acid groups (broad SMARTS) is 1. The van der Waals surface area contributed by atoms with Crippen molar-refractivity contribution in [2.75, 3.05) is 13.1 Å². The van der Waals surface area contributed by atoms with E-state index >= 15 is 0 Å². The third-order valence-electron chi connectivity index (χ3n) is 5.88. The Morgan fingerprint density at radius 2 is 2.00 bits per heavy atom. The van der Waals surface area contributed by atoms with Crippen molar-refractivity contribution in [1.82, 2.24) is 14.5 Å². The van der Waals surface area contributed by atoms with Crippen LogP contribution in [0.3, 0.4) is 0 Å². The fourth-order valence-electron chi connectivity index (χ4n) is 4.07. The molecule has 4 heterocycles. The van der Waals surface area contributed by atoms with E-state index in [1.54, 1.807) is 23.3 Å². The Labute approximate surface area is 160 Å². The highest BCUT2D eigenvalue weighted by Crippen LogP contribution is 2.34. The van der Waals surface area contributed by atoms with E-state index < -0.39 is 11.4 Å². The monoisotopic (exact) mass is 389 g/mol. The number of carboxylic acids is 1. The van der Waals surface area contributed by atoms with Gasteiger partial charge >= 0.3 is 5.97 Å². The molecule has 1 fully saturated rings. The zero-order valence-corrected chi connectivity index (χ0v) is 16.4. The van der Waals surface area contributed by atoms with Crippen molar-refractivity contribution in [2.45, 2.75) is 52.5 Å². The fraction of sp³-hybridized carbons (Fsp3) is 0.579. The van der Waals surface area contributed by atoms with Gasteiger partial charge in [0.05, 0.1) is 15.7 Å². The van der Waals surface area contributed by atoms with Crippen LogP contribution in [0.15, 0.2) is 4.79 Å². The van der Waals surface area contributed by atoms with E-state index in [2.05, 4.69) is 0 Å². The smallest absolute Gasteiger partial charge is 0.311 e. The molecule has 0 aliphatic carbocycles. The van der Waals surface area contributed by atoms with Crippen molar-refractivity contribution in [2.24, 2.45) is 5.41 Å². The van der Waals surface area contributed by atoms with Crippen LogP contribution in [0.4, 0.5) is 0 Å². The van der Waals surface area contributed by atoms with Gasteiger partial charge in [-0.25, -0.2) is 4.98 Å². The quantitative estimate of drug-likeness (QED) is 0.852. The standard InChI is InChI=1S/C19H23N3O4S/c1-11-13-15(20-12-6-4-3-5-8-22(12)16(13)23)27-14(11)17(24)21-9-7-19(2,10-21)18(25)26/h3-10H2,1-2H3,(H,25,26). The van der Waals surface area contributed by atoms with Crippen molar-refractivity contribution in [3.63, 3.8) is 0 Å². The first-order valence-corrected chi connectivity index (χ1v) is 10.2. The second-order valence-electron chi connectivity index (χ2n) is 7.87. The van der Waals surface area contributed by atoms with Gasteiger partial charge in [-0.05, 0) is 38.7 Å². The Bertz CT molecular complexity index is 1010. The first-order valence-electron chi connectivity index (χ1n) is 9.37. The number of rotatable bonds is 2. The lowest BCUT2D eigenvalue weighted by atomic mass is 9.90. The van der Waals surface area contributed by atoms with Crippen LogP contribution in [0.5, 0.6) is 0 Å². The summed E-state index contributed by atoms with van der Waals surface area (Å²) >= 11 is 1.26. The van der Waals surface area contributed by atoms with Crippen molar-refractivity contribution in [1.29, 1.82) is 0 Å². The molecule has 2 aliphatic rings. The Kier molecular flexibility index (Phi) is 4.33. The molecule has 1 N–H and O–H groups in total. The average Bonchev–Trinajstić information content (AvgIpc) is 3.08. The van der Waals surface area contributed by atoms with Crippen LogP contribution in [0.1, 0.15) is 53.7 Å². The van der Waals surface area contributed by atoms with E-state index in [4.69, 9.17) is 4.98 Å². The molecule has 144 valence electrons. The first-order chi connectivity index (χ1) is 12.8. The summed E-state index contributed by atoms with van der Waals surface area (Å²) in [5, 5.41) is 9.94. The zero-order valence-electron chi connectivity index (χ0n) is 15.6. The predicted molar refractivity (Wildman–Crippen MR) is 102 cm³/mol. The number of aromatic nitrogens is 2. The van der Waals surface area contributed by atoms with Crippen LogP contribution in [0.2, 0.25) is 0 Å². The molecule has 7 nitrogen and oxygen atoms in total. The van der Waals surface area contributed by atoms with Crippen LogP contribution < -0.4 is 5.56 Å². The maximum atomic E-state index is 13.0. The molecule has 27 heavy (non-hydrogen) atoms. The molecular formula is C19H23N3O4S. The van der Waals surface area contributed by atoms with Gasteiger partial charge in [-0.15, -0.1) is 11.3 Å². The number of hydrogen-bond acceptors (Lipinski definition) is 5. The molecule has 2 aliphatic heterocycles. The molecule has 0 aromatic carbocycles. The van der Waals surface area contributed by atoms with Crippen molar-refractivity contribution >= 4 is 33.4 Å². The summed E-state index contributed by atoms with van der Waals surface area (Å²) < 4.78 is 1.76. The maximum absolute atomic E-state index is 13.0. The van der Waals surface area contributed by atoms with Gasteiger partial charge < -0.3 is 10.0 Å². The number of carbonyl (C=O) groups is 2. The van der Waals surface area contributed by atoms with E-state index in [0.29, 0.717) is 40.2 Å². The molecule has 0 spiro atoms. The lowest BCUT2D eigenvalue weighted by Gasteiger charge is -2.19. The van der Waals surface area contributed by atoms with Gasteiger partial charge in [-0.2, -0.15) is 0 Å². The first kappa shape index (κ1) is 18.2. The van der Waals surface area contributed by atoms with Crippen LogP contribution >= 0.6 is 11.3 Å². The van der Waals surface area contributed by atoms with E-state index in [0.717, 1.165) is 31.5 Å². The number of aryl methyl sites for hydroxylation is 2. The SMILES string of the molecule is Cc1c(C(=O)N2CCC(C)(C(=O)O)C2)sc2nc3n(c(=O)c12)CCCCC3. The molecule has 0 saturated carbocycles. The highest BCUT2D eigenvalue weighted by molar-refractivity contribution is 7.20. The van der Waals surface area contributed by atoms with E-state index in [-0.39, 0.29) is 18.0 Å². The molecule has 2 aromatic heterocycles. The molecule has 2 aromatic rings. The summed E-state index contributed by atoms with van der Waals surface area (Å²) in [6.45, 7) is 4.76. The molecule has 1 unspecified atom stereocenters. The van der Waals surface area contributed by atoms with Gasteiger partial charge in [-0.3, -0.25) is 19.0 Å². The second-order valence-corrected chi connectivity index (χ2v) is 8.87. The molecule has 1 saturated heterocycles. The number of aliphatic carboxylic acids is 1. The summed E-state index contributed by atoms with van der Waals surface area (Å²) in [4.78, 5) is 44.9. The normalized spacial score (nSPS) is 22.7. The predicted octanol–water partition coefficient (Wildman–Crippen LogP) is 2.43. The summed E-state index contributed by atoms with van der Waals surface area (Å²) in [5.41, 5.74) is -0.294. The Hall–Kier alpha value is -2.22. The Morgan fingerprint density at radius 1 is 1.22 bits per heavy atom. The topological polar surface area (TPSA) is 92.5 Å². The number of likely N-dealkylation sites (tertiary alicyclic amines) is 1. The van der Waals surface area contributed by atoms with Gasteiger partial charge in [0.25, 0.3) is 11.5 Å². The molecule has 0 radical (unpaired) electrons. The maximum Gasteiger partial charge on any atom is 0.311 e. The lowest BCUT2D eigenvalue weighted by Crippen LogP contribution is -2.34. The number of amides is 1. The number of thiophene rings is 1. The average molecular weight is 389 g/mol. The molecule has 8 heteroatoms. The fourth-order valence-corrected chi connectivity index (χ4v) is 5.22. The summed E-state index contributed by atoms with van der Waals surface area (Å²) in [7, 11) is 0. The summed E-state index contributed by atoms with van der Waals surface area (Å²) in [5.74, 6) is -0.264. The molecular weight excluding hydrogens is 366 g/mol. The largest absolute Gasteiger partial charge is 0.481 e. The van der Waals surface area contributed by atoms with E-state index in [9.17, 15) is 19.5 Å². The van der Waals surface area contributed by atoms with Crippen molar-refractivity contribution in [3.8, 4) is 0 Å². The number of carbonyl (C=O) groups excluding carboxylic acids is 1. The van der Waals surface area contributed by atoms with Crippen molar-refractivity contribution < 1.29 is 14.7 Å². The van der Waals surface area contributed by atoms with Gasteiger partial charge in [0.1, 0.15) is 10.7 Å². The van der Waals surface area contributed by atoms with Gasteiger partial charge in [0, 0.05) is 26.1 Å². The van der Waals surface area contributed by atoms with E-state index in [1.807, 2.05) is 0 Å². The minimum absolute atomic E-state index is 0.0542. The lowest BCUT2D eigenvalue weighted by molar-refractivity contribution is -0.147. The minimum Gasteiger partial charge on any atom is -0.481 e. The number of nitrogens with zero attached hydrogens (tertiary/aromatic N) is 3. The van der Waals surface area contributed by atoms with Gasteiger partial charge in [0.2, 0.25) is 0 Å². The van der Waals surface area contributed by atoms with Crippen LogP contribution in [-0.4, -0.2) is 44.5 Å². The Morgan fingerprint density at radius 3 is 2.70 bits per heavy atom. The van der Waals surface area contributed by atoms with Gasteiger partial charge in [-0.1, -0.05) is 6.42 Å². The summed E-state index contributed by atoms with van der Waals surface area (Å²) in [6.07, 6.45) is 4.31. The highest BCUT2D eigenvalue weighted by atomic mass is 32.1. The van der Waals surface area contributed by atoms with Crippen molar-refractivity contribution in [3.05, 3.63) is 26.6 Å². The Balaban J connectivity index is 1.74. The van der Waals surface area contributed by atoms with Gasteiger partial charge in [0.15, 0.2) is 0 Å². The molecule has 1 atom stereocenters. The highest BCUT2D eigenvalue weighted by Gasteiger charge is 2.43. The minimum atomic E-state index is -0.907. The van der Waals surface area contributed by atoms with Crippen LogP contribution in [-0.2, 0) is 17.8 Å². The zero-order chi connectivity index (χ0) is 19.3. The molecule has 1 amide bonds. The van der Waals surface area contributed by atoms with Crippen LogP contribution in [0, 0.1) is 12.3 Å². The number of hydrogen-bond donors (Lipinski definition) is 1. The summed E-state index contributed by atoms with van der Waals surface area (Å²) in [6, 6.07) is 0. The third-order valence-corrected chi connectivity index (χ3v) is 7.06. The molecule has 4 rings (SSSR count). The second kappa shape index (κ2) is 6.44. The van der Waals surface area contributed by atoms with Crippen LogP contribution in [0.25, 0.3) is 10.2 Å². The third kappa shape index (κ3) is 2.86. The van der Waals surface area contributed by atoms with E-state index in [1.165, 1.54) is 11.3 Å². The number of fused-ring (bicyclic) bond motifs is 2. The molecule has 0 bridgehead atoms.